The lowest BCUT2D eigenvalue weighted by molar-refractivity contribution is 0.301. The average Bonchev–Trinajstić information content (AvgIpc) is 2.92. The summed E-state index contributed by atoms with van der Waals surface area (Å²) in [7, 11) is 0. The first-order valence-electron chi connectivity index (χ1n) is 6.68. The van der Waals surface area contributed by atoms with Gasteiger partial charge < -0.3 is 10.3 Å². The molecule has 6 heteroatoms. The molecule has 0 atom stereocenters. The molecule has 0 unspecified atom stereocenters. The third-order valence-corrected chi connectivity index (χ3v) is 4.42. The normalized spacial score (nSPS) is 22.9. The largest absolute Gasteiger partial charge is 0.339 e. The highest BCUT2D eigenvalue weighted by Gasteiger charge is 2.25. The van der Waals surface area contributed by atoms with Crippen molar-refractivity contribution in [2.45, 2.75) is 37.6 Å². The lowest BCUT2D eigenvalue weighted by atomic mass is 9.86. The second kappa shape index (κ2) is 5.61. The molecule has 1 saturated carbocycles. The van der Waals surface area contributed by atoms with E-state index in [1.54, 1.807) is 6.07 Å². The van der Waals surface area contributed by atoms with E-state index in [0.717, 1.165) is 30.2 Å². The highest BCUT2D eigenvalue weighted by molar-refractivity contribution is 9.10. The predicted molar refractivity (Wildman–Crippen MR) is 76.6 cm³/mol. The second-order valence-corrected chi connectivity index (χ2v) is 6.05. The molecule has 0 radical (unpaired) electrons. The second-order valence-electron chi connectivity index (χ2n) is 5.19. The van der Waals surface area contributed by atoms with Crippen molar-refractivity contribution in [3.63, 3.8) is 0 Å². The lowest BCUT2D eigenvalue weighted by Crippen LogP contribution is -2.25. The number of aromatic nitrogens is 2. The summed E-state index contributed by atoms with van der Waals surface area (Å²) in [6.45, 7) is 0. The van der Waals surface area contributed by atoms with Gasteiger partial charge in [-0.05, 0) is 43.9 Å². The predicted octanol–water partition coefficient (Wildman–Crippen LogP) is 3.62. The Hall–Kier alpha value is -1.27. The quantitative estimate of drug-likeness (QED) is 0.907. The Bertz CT molecular complexity index is 608. The molecule has 1 aliphatic rings. The topological polar surface area (TPSA) is 64.9 Å². The van der Waals surface area contributed by atoms with E-state index in [9.17, 15) is 4.39 Å². The van der Waals surface area contributed by atoms with Crippen molar-refractivity contribution in [3.05, 3.63) is 34.4 Å². The molecule has 1 aromatic heterocycles. The summed E-state index contributed by atoms with van der Waals surface area (Å²) in [5.41, 5.74) is 6.50. The first kappa shape index (κ1) is 13.7. The van der Waals surface area contributed by atoms with Crippen LogP contribution >= 0.6 is 15.9 Å². The molecule has 106 valence electrons. The van der Waals surface area contributed by atoms with Gasteiger partial charge in [0, 0.05) is 22.0 Å². The van der Waals surface area contributed by atoms with Gasteiger partial charge in [-0.1, -0.05) is 21.1 Å². The zero-order valence-electron chi connectivity index (χ0n) is 10.9. The molecule has 0 aliphatic heterocycles. The van der Waals surface area contributed by atoms with Gasteiger partial charge in [-0.25, -0.2) is 4.39 Å². The molecule has 0 amide bonds. The molecule has 0 saturated heterocycles. The molecular weight excluding hydrogens is 325 g/mol. The van der Waals surface area contributed by atoms with Crippen molar-refractivity contribution in [3.8, 4) is 11.4 Å². The molecule has 0 bridgehead atoms. The van der Waals surface area contributed by atoms with Crippen LogP contribution in [0.5, 0.6) is 0 Å². The van der Waals surface area contributed by atoms with Gasteiger partial charge in [0.05, 0.1) is 0 Å². The van der Waals surface area contributed by atoms with Crippen molar-refractivity contribution < 1.29 is 8.91 Å². The molecular formula is C14H15BrFN3O. The number of rotatable bonds is 2. The fourth-order valence-electron chi connectivity index (χ4n) is 2.55. The monoisotopic (exact) mass is 339 g/mol. The summed E-state index contributed by atoms with van der Waals surface area (Å²) in [6.07, 6.45) is 3.89. The smallest absolute Gasteiger partial charge is 0.230 e. The van der Waals surface area contributed by atoms with Crippen LogP contribution in [0.25, 0.3) is 11.4 Å². The van der Waals surface area contributed by atoms with Gasteiger partial charge in [-0.15, -0.1) is 0 Å². The fourth-order valence-corrected chi connectivity index (χ4v) is 2.97. The summed E-state index contributed by atoms with van der Waals surface area (Å²) in [4.78, 5) is 4.42. The molecule has 1 aromatic carbocycles. The maximum absolute atomic E-state index is 13.3. The molecule has 20 heavy (non-hydrogen) atoms. The van der Waals surface area contributed by atoms with E-state index in [1.807, 2.05) is 0 Å². The molecule has 4 nitrogen and oxygen atoms in total. The van der Waals surface area contributed by atoms with Gasteiger partial charge in [0.1, 0.15) is 5.82 Å². The maximum Gasteiger partial charge on any atom is 0.230 e. The minimum absolute atomic E-state index is 0.267. The number of hydrogen-bond acceptors (Lipinski definition) is 4. The Morgan fingerprint density at radius 2 is 2.00 bits per heavy atom. The van der Waals surface area contributed by atoms with Crippen molar-refractivity contribution >= 4 is 15.9 Å². The minimum Gasteiger partial charge on any atom is -0.339 e. The van der Waals surface area contributed by atoms with Crippen LogP contribution in [0, 0.1) is 5.82 Å². The van der Waals surface area contributed by atoms with Crippen molar-refractivity contribution in [2.24, 2.45) is 5.73 Å². The Balaban J connectivity index is 1.85. The van der Waals surface area contributed by atoms with Crippen LogP contribution in [-0.2, 0) is 0 Å². The number of nitrogens with zero attached hydrogens (tertiary/aromatic N) is 2. The first-order valence-corrected chi connectivity index (χ1v) is 7.47. The highest BCUT2D eigenvalue weighted by atomic mass is 79.9. The fraction of sp³-hybridized carbons (Fsp3) is 0.429. The Morgan fingerprint density at radius 1 is 1.25 bits per heavy atom. The zero-order chi connectivity index (χ0) is 14.1. The van der Waals surface area contributed by atoms with Crippen molar-refractivity contribution in [2.75, 3.05) is 0 Å². The van der Waals surface area contributed by atoms with Gasteiger partial charge in [0.2, 0.25) is 11.7 Å². The van der Waals surface area contributed by atoms with Gasteiger partial charge in [0.25, 0.3) is 0 Å². The molecule has 2 N–H and O–H groups in total. The summed E-state index contributed by atoms with van der Waals surface area (Å²) in [5.74, 6) is 0.992. The number of halogens is 2. The van der Waals surface area contributed by atoms with Crippen molar-refractivity contribution in [1.29, 1.82) is 0 Å². The number of hydrogen-bond donors (Lipinski definition) is 1. The van der Waals surface area contributed by atoms with E-state index in [1.165, 1.54) is 12.1 Å². The van der Waals surface area contributed by atoms with Gasteiger partial charge in [0.15, 0.2) is 0 Å². The number of nitrogens with two attached hydrogens (primary N) is 1. The Morgan fingerprint density at radius 3 is 2.75 bits per heavy atom. The van der Waals surface area contributed by atoms with Gasteiger partial charge in [-0.2, -0.15) is 4.98 Å². The van der Waals surface area contributed by atoms with Crippen molar-refractivity contribution in [1.82, 2.24) is 10.1 Å². The Labute approximate surface area is 124 Å². The maximum atomic E-state index is 13.3. The minimum atomic E-state index is -0.321. The summed E-state index contributed by atoms with van der Waals surface area (Å²) in [5, 5.41) is 3.97. The van der Waals surface area contributed by atoms with Crippen LogP contribution in [0.3, 0.4) is 0 Å². The summed E-state index contributed by atoms with van der Waals surface area (Å²) in [6, 6.07) is 4.71. The molecule has 1 fully saturated rings. The molecule has 0 spiro atoms. The summed E-state index contributed by atoms with van der Waals surface area (Å²) >= 11 is 3.38. The van der Waals surface area contributed by atoms with Crippen LogP contribution in [-0.4, -0.2) is 16.2 Å². The molecule has 1 heterocycles. The lowest BCUT2D eigenvalue weighted by Gasteiger charge is -2.22. The third-order valence-electron chi connectivity index (χ3n) is 3.73. The third kappa shape index (κ3) is 2.76. The first-order chi connectivity index (χ1) is 9.63. The van der Waals surface area contributed by atoms with Crippen LogP contribution in [0.1, 0.15) is 37.5 Å². The number of benzene rings is 1. The van der Waals surface area contributed by atoms with Gasteiger partial charge >= 0.3 is 0 Å². The molecule has 2 aromatic rings. The van der Waals surface area contributed by atoms with E-state index < -0.39 is 0 Å². The van der Waals surface area contributed by atoms with Crippen LogP contribution in [0.2, 0.25) is 0 Å². The molecule has 3 rings (SSSR count). The highest BCUT2D eigenvalue weighted by Crippen LogP contribution is 2.33. The Kier molecular flexibility index (Phi) is 3.85. The van der Waals surface area contributed by atoms with E-state index in [4.69, 9.17) is 10.3 Å². The van der Waals surface area contributed by atoms with Crippen LogP contribution < -0.4 is 5.73 Å². The zero-order valence-corrected chi connectivity index (χ0v) is 12.4. The SMILES string of the molecule is NC1CCC(c2nc(-c3cc(F)ccc3Br)no2)CC1. The van der Waals surface area contributed by atoms with E-state index in [-0.39, 0.29) is 17.8 Å². The van der Waals surface area contributed by atoms with E-state index in [2.05, 4.69) is 26.1 Å². The van der Waals surface area contributed by atoms with Crippen LogP contribution in [0.4, 0.5) is 4.39 Å². The van der Waals surface area contributed by atoms with E-state index >= 15 is 0 Å². The van der Waals surface area contributed by atoms with Gasteiger partial charge in [-0.3, -0.25) is 0 Å². The van der Waals surface area contributed by atoms with Crippen LogP contribution in [0.15, 0.2) is 27.2 Å². The van der Waals surface area contributed by atoms with E-state index in [0.29, 0.717) is 17.3 Å². The summed E-state index contributed by atoms with van der Waals surface area (Å²) < 4.78 is 19.4. The molecule has 1 aliphatic carbocycles. The standard InChI is InChI=1S/C14H15BrFN3O/c15-12-6-3-9(16)7-11(12)13-18-14(20-19-13)8-1-4-10(17)5-2-8/h3,6-8,10H,1-2,4-5,17H2. The average molecular weight is 340 g/mol.